The number of hydrogen-bond acceptors (Lipinski definition) is 2. The van der Waals surface area contributed by atoms with E-state index in [1.54, 1.807) is 32.0 Å². The summed E-state index contributed by atoms with van der Waals surface area (Å²) < 4.78 is 0. The van der Waals surface area contributed by atoms with Gasteiger partial charge in [-0.25, -0.2) is 4.98 Å². The van der Waals surface area contributed by atoms with Gasteiger partial charge in [0, 0.05) is 20.3 Å². The Bertz CT molecular complexity index is 402. The number of aromatic nitrogens is 1. The van der Waals surface area contributed by atoms with Crippen LogP contribution in [0.2, 0.25) is 5.15 Å². The van der Waals surface area contributed by atoms with Crippen LogP contribution in [0.15, 0.2) is 17.3 Å². The molecule has 4 nitrogen and oxygen atoms in total. The molecule has 0 aliphatic rings. The van der Waals surface area contributed by atoms with Gasteiger partial charge >= 0.3 is 0 Å². The number of carbonyl (C=O) groups excluding carboxylic acids is 1. The molecule has 0 aromatic carbocycles. The maximum absolute atomic E-state index is 11.6. The van der Waals surface area contributed by atoms with Crippen LogP contribution in [0.25, 0.3) is 0 Å². The van der Waals surface area contributed by atoms with Crippen LogP contribution in [0.3, 0.4) is 0 Å². The van der Waals surface area contributed by atoms with E-state index in [-0.39, 0.29) is 5.91 Å². The van der Waals surface area contributed by atoms with E-state index in [0.717, 1.165) is 5.56 Å². The topological polar surface area (TPSA) is 45.6 Å². The van der Waals surface area contributed by atoms with Crippen molar-refractivity contribution in [1.82, 2.24) is 9.88 Å². The van der Waals surface area contributed by atoms with E-state index >= 15 is 0 Å². The zero-order valence-electron chi connectivity index (χ0n) is 8.86. The Hall–Kier alpha value is -1.42. The zero-order chi connectivity index (χ0) is 11.4. The summed E-state index contributed by atoms with van der Waals surface area (Å²) in [6, 6.07) is 1.64. The van der Waals surface area contributed by atoms with Gasteiger partial charge in [0.05, 0.1) is 11.9 Å². The van der Waals surface area contributed by atoms with Gasteiger partial charge in [0.2, 0.25) is 0 Å². The van der Waals surface area contributed by atoms with E-state index in [1.165, 1.54) is 12.5 Å². The van der Waals surface area contributed by atoms with Gasteiger partial charge in [-0.05, 0) is 18.6 Å². The fourth-order valence-corrected chi connectivity index (χ4v) is 1.20. The number of rotatable bonds is 2. The van der Waals surface area contributed by atoms with Gasteiger partial charge in [0.15, 0.2) is 0 Å². The second kappa shape index (κ2) is 4.89. The van der Waals surface area contributed by atoms with E-state index in [1.807, 2.05) is 0 Å². The van der Waals surface area contributed by atoms with Gasteiger partial charge in [-0.3, -0.25) is 4.79 Å². The summed E-state index contributed by atoms with van der Waals surface area (Å²) in [5, 5.41) is 0.376. The molecular formula is C10H12ClN3O. The lowest BCUT2D eigenvalue weighted by molar-refractivity contribution is 0.100. The molecule has 1 heterocycles. The van der Waals surface area contributed by atoms with Crippen molar-refractivity contribution in [2.75, 3.05) is 14.1 Å². The van der Waals surface area contributed by atoms with Crippen LogP contribution < -0.4 is 0 Å². The van der Waals surface area contributed by atoms with Gasteiger partial charge in [0.1, 0.15) is 5.15 Å². The molecule has 0 unspecified atom stereocenters. The first-order valence-corrected chi connectivity index (χ1v) is 4.75. The number of amides is 1. The Morgan fingerprint density at radius 3 is 2.80 bits per heavy atom. The third-order valence-electron chi connectivity index (χ3n) is 1.71. The highest BCUT2D eigenvalue weighted by atomic mass is 35.5. The standard InChI is InChI=1S/C10H12ClN3O/c1-7-4-9(11)12-5-8(7)10(15)13-6-14(2)3/h4-6H,1-3H3/b13-6+. The van der Waals surface area contributed by atoms with Crippen LogP contribution in [0.4, 0.5) is 0 Å². The number of aryl methyl sites for hydroxylation is 1. The number of halogens is 1. The summed E-state index contributed by atoms with van der Waals surface area (Å²) in [6.45, 7) is 1.80. The lowest BCUT2D eigenvalue weighted by atomic mass is 10.1. The van der Waals surface area contributed by atoms with Crippen molar-refractivity contribution < 1.29 is 4.79 Å². The van der Waals surface area contributed by atoms with Crippen LogP contribution in [0, 0.1) is 6.92 Å². The minimum Gasteiger partial charge on any atom is -0.369 e. The molecule has 1 amide bonds. The maximum atomic E-state index is 11.6. The Balaban J connectivity index is 2.92. The normalized spacial score (nSPS) is 10.7. The molecule has 0 fully saturated rings. The van der Waals surface area contributed by atoms with Crippen LogP contribution in [-0.2, 0) is 0 Å². The Kier molecular flexibility index (Phi) is 3.80. The minimum absolute atomic E-state index is 0.314. The summed E-state index contributed by atoms with van der Waals surface area (Å²) >= 11 is 5.68. The first kappa shape index (κ1) is 11.7. The van der Waals surface area contributed by atoms with Crippen molar-refractivity contribution in [2.24, 2.45) is 4.99 Å². The molecule has 0 spiro atoms. The summed E-state index contributed by atoms with van der Waals surface area (Å²) in [5.41, 5.74) is 1.24. The third kappa shape index (κ3) is 3.32. The van der Waals surface area contributed by atoms with Gasteiger partial charge in [0.25, 0.3) is 5.91 Å². The molecule has 80 valence electrons. The van der Waals surface area contributed by atoms with E-state index in [0.29, 0.717) is 10.7 Å². The van der Waals surface area contributed by atoms with E-state index in [2.05, 4.69) is 9.98 Å². The summed E-state index contributed by atoms with van der Waals surface area (Å²) in [4.78, 5) is 20.9. The average molecular weight is 226 g/mol. The number of hydrogen-bond donors (Lipinski definition) is 0. The van der Waals surface area contributed by atoms with Crippen LogP contribution in [0.1, 0.15) is 15.9 Å². The van der Waals surface area contributed by atoms with E-state index in [4.69, 9.17) is 11.6 Å². The molecule has 0 saturated carbocycles. The van der Waals surface area contributed by atoms with Crippen LogP contribution in [-0.4, -0.2) is 36.2 Å². The molecule has 5 heteroatoms. The molecule has 0 aliphatic heterocycles. The van der Waals surface area contributed by atoms with E-state index in [9.17, 15) is 4.79 Å². The highest BCUT2D eigenvalue weighted by Crippen LogP contribution is 2.12. The van der Waals surface area contributed by atoms with Gasteiger partial charge in [-0.15, -0.1) is 0 Å². The van der Waals surface area contributed by atoms with Crippen molar-refractivity contribution in [3.63, 3.8) is 0 Å². The van der Waals surface area contributed by atoms with Gasteiger partial charge in [-0.2, -0.15) is 4.99 Å². The molecule has 0 atom stereocenters. The lowest BCUT2D eigenvalue weighted by Gasteiger charge is -2.03. The predicted octanol–water partition coefficient (Wildman–Crippen LogP) is 1.77. The molecule has 0 radical (unpaired) electrons. The predicted molar refractivity (Wildman–Crippen MR) is 60.5 cm³/mol. The van der Waals surface area contributed by atoms with Crippen molar-refractivity contribution in [1.29, 1.82) is 0 Å². The Labute approximate surface area is 93.6 Å². The quantitative estimate of drug-likeness (QED) is 0.438. The monoisotopic (exact) mass is 225 g/mol. The number of nitrogens with zero attached hydrogens (tertiary/aromatic N) is 3. The van der Waals surface area contributed by atoms with Gasteiger partial charge in [-0.1, -0.05) is 11.6 Å². The van der Waals surface area contributed by atoms with Gasteiger partial charge < -0.3 is 4.90 Å². The Morgan fingerprint density at radius 2 is 2.27 bits per heavy atom. The Morgan fingerprint density at radius 1 is 1.60 bits per heavy atom. The fourth-order valence-electron chi connectivity index (χ4n) is 0.983. The summed E-state index contributed by atoms with van der Waals surface area (Å²) in [7, 11) is 3.59. The molecular weight excluding hydrogens is 214 g/mol. The number of aliphatic imine (C=N–C) groups is 1. The van der Waals surface area contributed by atoms with Crippen LogP contribution in [0.5, 0.6) is 0 Å². The second-order valence-corrected chi connectivity index (χ2v) is 3.72. The molecule has 0 bridgehead atoms. The van der Waals surface area contributed by atoms with Crippen molar-refractivity contribution in [3.05, 3.63) is 28.5 Å². The summed E-state index contributed by atoms with van der Waals surface area (Å²) in [5.74, 6) is -0.314. The number of pyridine rings is 1. The first-order valence-electron chi connectivity index (χ1n) is 4.38. The number of carbonyl (C=O) groups is 1. The molecule has 1 aromatic heterocycles. The first-order chi connectivity index (χ1) is 7.00. The molecule has 15 heavy (non-hydrogen) atoms. The lowest BCUT2D eigenvalue weighted by Crippen LogP contribution is -2.10. The second-order valence-electron chi connectivity index (χ2n) is 3.34. The fraction of sp³-hybridized carbons (Fsp3) is 0.300. The van der Waals surface area contributed by atoms with Crippen molar-refractivity contribution in [3.8, 4) is 0 Å². The van der Waals surface area contributed by atoms with Crippen molar-refractivity contribution in [2.45, 2.75) is 6.92 Å². The third-order valence-corrected chi connectivity index (χ3v) is 1.92. The summed E-state index contributed by atoms with van der Waals surface area (Å²) in [6.07, 6.45) is 2.89. The molecule has 0 saturated heterocycles. The highest BCUT2D eigenvalue weighted by Gasteiger charge is 2.08. The van der Waals surface area contributed by atoms with Crippen LogP contribution >= 0.6 is 11.6 Å². The van der Waals surface area contributed by atoms with E-state index < -0.39 is 0 Å². The minimum atomic E-state index is -0.314. The van der Waals surface area contributed by atoms with Crippen molar-refractivity contribution >= 4 is 23.8 Å². The molecule has 1 rings (SSSR count). The highest BCUT2D eigenvalue weighted by molar-refractivity contribution is 6.29. The molecule has 0 aliphatic carbocycles. The molecule has 1 aromatic rings. The smallest absolute Gasteiger partial charge is 0.280 e. The SMILES string of the molecule is Cc1cc(Cl)ncc1C(=O)/N=C/N(C)C. The largest absolute Gasteiger partial charge is 0.369 e. The molecule has 0 N–H and O–H groups in total. The average Bonchev–Trinajstić information content (AvgIpc) is 2.14. The zero-order valence-corrected chi connectivity index (χ0v) is 9.62. The maximum Gasteiger partial charge on any atom is 0.280 e.